The largest absolute Gasteiger partial charge is 0.497 e. The molecule has 168 valence electrons. The number of carbonyl (C=O) groups is 4. The summed E-state index contributed by atoms with van der Waals surface area (Å²) in [6.07, 6.45) is 1.01. The Labute approximate surface area is 186 Å². The molecule has 0 bridgehead atoms. The number of fused-ring (bicyclic) bond motifs is 1. The minimum atomic E-state index is -0.857. The van der Waals surface area contributed by atoms with Crippen LogP contribution in [-0.2, 0) is 22.7 Å². The number of amides is 4. The molecule has 9 nitrogen and oxygen atoms in total. The van der Waals surface area contributed by atoms with Crippen LogP contribution < -0.4 is 15.8 Å². The van der Waals surface area contributed by atoms with Gasteiger partial charge in [-0.05, 0) is 47.9 Å². The Bertz CT molecular complexity index is 1020. The molecule has 9 heteroatoms. The quantitative estimate of drug-likeness (QED) is 0.581. The lowest BCUT2D eigenvalue weighted by molar-refractivity contribution is -0.122. The van der Waals surface area contributed by atoms with Crippen LogP contribution >= 0.6 is 0 Å². The van der Waals surface area contributed by atoms with Gasteiger partial charge in [0.25, 0.3) is 5.91 Å². The molecule has 1 heterocycles. The van der Waals surface area contributed by atoms with Gasteiger partial charge >= 0.3 is 6.03 Å². The molecular formula is C23H26N4O5. The lowest BCUT2D eigenvalue weighted by Crippen LogP contribution is -2.44. The van der Waals surface area contributed by atoms with Crippen LogP contribution in [0, 0.1) is 0 Å². The standard InChI is InChI=1S/C23H26N4O5/c1-26(23(31)25-16-8-10-17(32-2)11-9-16)13-15-5-3-6-18-19(15)14-27(22(18)30)20(21(24)29)7-4-12-28/h3,5-6,8-12,20H,4,7,13-14H2,1-2H3,(H2,24,29)(H,25,31). The van der Waals surface area contributed by atoms with Crippen molar-refractivity contribution in [2.45, 2.75) is 32.0 Å². The Kier molecular flexibility index (Phi) is 7.09. The van der Waals surface area contributed by atoms with Gasteiger partial charge < -0.3 is 30.4 Å². The first-order valence-electron chi connectivity index (χ1n) is 10.2. The van der Waals surface area contributed by atoms with Crippen molar-refractivity contribution in [2.75, 3.05) is 19.5 Å². The monoisotopic (exact) mass is 438 g/mol. The third-order valence-corrected chi connectivity index (χ3v) is 5.45. The minimum Gasteiger partial charge on any atom is -0.497 e. The summed E-state index contributed by atoms with van der Waals surface area (Å²) in [5.74, 6) is -0.264. The van der Waals surface area contributed by atoms with Crippen molar-refractivity contribution >= 4 is 29.8 Å². The fraction of sp³-hybridized carbons (Fsp3) is 0.304. The number of aldehydes is 1. The number of hydrogen-bond donors (Lipinski definition) is 2. The molecular weight excluding hydrogens is 412 g/mol. The first-order valence-corrected chi connectivity index (χ1v) is 10.2. The molecule has 0 radical (unpaired) electrons. The summed E-state index contributed by atoms with van der Waals surface area (Å²) in [6.45, 7) is 0.465. The maximum absolute atomic E-state index is 12.9. The van der Waals surface area contributed by atoms with Crippen molar-refractivity contribution in [3.63, 3.8) is 0 Å². The third-order valence-electron chi connectivity index (χ3n) is 5.45. The van der Waals surface area contributed by atoms with Gasteiger partial charge in [-0.3, -0.25) is 9.59 Å². The molecule has 0 fully saturated rings. The molecule has 2 aromatic carbocycles. The molecule has 0 saturated heterocycles. The molecule has 4 amide bonds. The lowest BCUT2D eigenvalue weighted by atomic mass is 10.0. The summed E-state index contributed by atoms with van der Waals surface area (Å²) in [7, 11) is 3.22. The second-order valence-electron chi connectivity index (χ2n) is 7.55. The van der Waals surface area contributed by atoms with Crippen LogP contribution in [-0.4, -0.2) is 54.1 Å². The van der Waals surface area contributed by atoms with E-state index >= 15 is 0 Å². The predicted octanol–water partition coefficient (Wildman–Crippen LogP) is 2.15. The first kappa shape index (κ1) is 22.8. The number of ether oxygens (including phenoxy) is 1. The van der Waals surface area contributed by atoms with Gasteiger partial charge in [0.05, 0.1) is 7.11 Å². The number of nitrogens with one attached hydrogen (secondary N) is 1. The van der Waals surface area contributed by atoms with E-state index in [-0.39, 0.29) is 37.9 Å². The smallest absolute Gasteiger partial charge is 0.321 e. The molecule has 2 aromatic rings. The van der Waals surface area contributed by atoms with Crippen LogP contribution in [0.15, 0.2) is 42.5 Å². The van der Waals surface area contributed by atoms with Gasteiger partial charge in [0.2, 0.25) is 5.91 Å². The summed E-state index contributed by atoms with van der Waals surface area (Å²) in [5.41, 5.74) is 8.13. The van der Waals surface area contributed by atoms with Crippen molar-refractivity contribution in [1.29, 1.82) is 0 Å². The SMILES string of the molecule is COc1ccc(NC(=O)N(C)Cc2cccc3c2CN(C(CCC=O)C(N)=O)C3=O)cc1. The predicted molar refractivity (Wildman–Crippen MR) is 118 cm³/mol. The van der Waals surface area contributed by atoms with Crippen LogP contribution in [0.25, 0.3) is 0 Å². The number of nitrogens with two attached hydrogens (primary N) is 1. The summed E-state index contributed by atoms with van der Waals surface area (Å²) < 4.78 is 5.11. The third kappa shape index (κ3) is 4.88. The highest BCUT2D eigenvalue weighted by Crippen LogP contribution is 2.29. The Morgan fingerprint density at radius 1 is 1.25 bits per heavy atom. The Morgan fingerprint density at radius 3 is 2.59 bits per heavy atom. The highest BCUT2D eigenvalue weighted by atomic mass is 16.5. The summed E-state index contributed by atoms with van der Waals surface area (Å²) in [5, 5.41) is 2.81. The molecule has 3 N–H and O–H groups in total. The van der Waals surface area contributed by atoms with Gasteiger partial charge in [0, 0.05) is 37.8 Å². The Balaban J connectivity index is 1.73. The number of urea groups is 1. The number of benzene rings is 2. The number of rotatable bonds is 9. The zero-order valence-electron chi connectivity index (χ0n) is 18.0. The number of methoxy groups -OCH3 is 1. The number of nitrogens with zero attached hydrogens (tertiary/aromatic N) is 2. The molecule has 0 aliphatic carbocycles. The molecule has 1 aliphatic heterocycles. The maximum Gasteiger partial charge on any atom is 0.321 e. The maximum atomic E-state index is 12.9. The van der Waals surface area contributed by atoms with Crippen LogP contribution in [0.2, 0.25) is 0 Å². The highest BCUT2D eigenvalue weighted by molar-refractivity contribution is 6.01. The van der Waals surface area contributed by atoms with E-state index in [1.165, 1.54) is 9.80 Å². The summed E-state index contributed by atoms with van der Waals surface area (Å²) >= 11 is 0. The normalized spacial score (nSPS) is 13.3. The fourth-order valence-electron chi connectivity index (χ4n) is 3.72. The van der Waals surface area contributed by atoms with E-state index < -0.39 is 11.9 Å². The van der Waals surface area contributed by atoms with Gasteiger partial charge in [-0.2, -0.15) is 0 Å². The number of anilines is 1. The molecule has 0 spiro atoms. The minimum absolute atomic E-state index is 0.134. The Hall–Kier alpha value is -3.88. The van der Waals surface area contributed by atoms with Gasteiger partial charge in [0.15, 0.2) is 0 Å². The van der Waals surface area contributed by atoms with Crippen molar-refractivity contribution in [2.24, 2.45) is 5.73 Å². The van der Waals surface area contributed by atoms with Crippen LogP contribution in [0.5, 0.6) is 5.75 Å². The molecule has 1 unspecified atom stereocenters. The molecule has 1 atom stereocenters. The zero-order valence-corrected chi connectivity index (χ0v) is 18.0. The van der Waals surface area contributed by atoms with E-state index in [4.69, 9.17) is 10.5 Å². The summed E-state index contributed by atoms with van der Waals surface area (Å²) in [6, 6.07) is 11.1. The van der Waals surface area contributed by atoms with E-state index in [0.29, 0.717) is 23.3 Å². The molecule has 0 aromatic heterocycles. The lowest BCUT2D eigenvalue weighted by Gasteiger charge is -2.24. The molecule has 3 rings (SSSR count). The number of carbonyl (C=O) groups excluding carboxylic acids is 4. The topological polar surface area (TPSA) is 122 Å². The van der Waals surface area contributed by atoms with Gasteiger partial charge in [-0.15, -0.1) is 0 Å². The second kappa shape index (κ2) is 9.95. The average Bonchev–Trinajstić information content (AvgIpc) is 3.11. The average molecular weight is 438 g/mol. The van der Waals surface area contributed by atoms with E-state index in [0.717, 1.165) is 11.1 Å². The molecule has 1 aliphatic rings. The van der Waals surface area contributed by atoms with Crippen LogP contribution in [0.1, 0.15) is 34.3 Å². The van der Waals surface area contributed by atoms with Crippen LogP contribution in [0.3, 0.4) is 0 Å². The van der Waals surface area contributed by atoms with E-state index in [1.54, 1.807) is 50.6 Å². The van der Waals surface area contributed by atoms with Crippen LogP contribution in [0.4, 0.5) is 10.5 Å². The fourth-order valence-corrected chi connectivity index (χ4v) is 3.72. The Morgan fingerprint density at radius 2 is 1.97 bits per heavy atom. The van der Waals surface area contributed by atoms with Gasteiger partial charge in [-0.25, -0.2) is 4.79 Å². The summed E-state index contributed by atoms with van der Waals surface area (Å²) in [4.78, 5) is 51.1. The van der Waals surface area contributed by atoms with Gasteiger partial charge in [0.1, 0.15) is 18.1 Å². The zero-order chi connectivity index (χ0) is 23.3. The van der Waals surface area contributed by atoms with Crippen molar-refractivity contribution in [3.05, 3.63) is 59.2 Å². The van der Waals surface area contributed by atoms with Crippen molar-refractivity contribution in [1.82, 2.24) is 9.80 Å². The highest BCUT2D eigenvalue weighted by Gasteiger charge is 2.36. The van der Waals surface area contributed by atoms with E-state index in [2.05, 4.69) is 5.32 Å². The number of primary amides is 1. The number of hydrogen-bond acceptors (Lipinski definition) is 5. The van der Waals surface area contributed by atoms with Gasteiger partial charge in [-0.1, -0.05) is 12.1 Å². The van der Waals surface area contributed by atoms with Crippen molar-refractivity contribution in [3.8, 4) is 5.75 Å². The molecule has 0 saturated carbocycles. The van der Waals surface area contributed by atoms with Crippen molar-refractivity contribution < 1.29 is 23.9 Å². The second-order valence-corrected chi connectivity index (χ2v) is 7.55. The van der Waals surface area contributed by atoms with E-state index in [1.807, 2.05) is 6.07 Å². The van der Waals surface area contributed by atoms with E-state index in [9.17, 15) is 19.2 Å². The first-order chi connectivity index (χ1) is 15.3. The molecule has 32 heavy (non-hydrogen) atoms.